The van der Waals surface area contributed by atoms with Gasteiger partial charge in [0.05, 0.1) is 16.7 Å². The Balaban J connectivity index is 2.47. The predicted octanol–water partition coefficient (Wildman–Crippen LogP) is 4.59. The molecule has 1 aromatic carbocycles. The summed E-state index contributed by atoms with van der Waals surface area (Å²) in [6, 6.07) is 8.68. The van der Waals surface area contributed by atoms with Gasteiger partial charge in [0.2, 0.25) is 0 Å². The van der Waals surface area contributed by atoms with Gasteiger partial charge in [0.15, 0.2) is 0 Å². The van der Waals surface area contributed by atoms with Crippen LogP contribution in [0.3, 0.4) is 0 Å². The van der Waals surface area contributed by atoms with Crippen molar-refractivity contribution in [1.82, 2.24) is 5.06 Å². The number of benzene rings is 1. The molecule has 106 valence electrons. The Bertz CT molecular complexity index is 439. The van der Waals surface area contributed by atoms with Gasteiger partial charge >= 0.3 is 0 Å². The second-order valence-corrected chi connectivity index (χ2v) is 7.16. The van der Waals surface area contributed by atoms with Crippen LogP contribution in [0.4, 0.5) is 0 Å². The molecule has 19 heavy (non-hydrogen) atoms. The lowest BCUT2D eigenvalue weighted by Crippen LogP contribution is -2.49. The summed E-state index contributed by atoms with van der Waals surface area (Å²) in [5, 5.41) is 2.19. The van der Waals surface area contributed by atoms with E-state index in [0.29, 0.717) is 0 Å². The Labute approximate surface area is 117 Å². The molecule has 0 aliphatic carbocycles. The van der Waals surface area contributed by atoms with Crippen LogP contribution < -0.4 is 0 Å². The van der Waals surface area contributed by atoms with Crippen molar-refractivity contribution < 1.29 is 4.84 Å². The molecule has 0 aromatic heterocycles. The lowest BCUT2D eigenvalue weighted by molar-refractivity contribution is -0.314. The average Bonchev–Trinajstić information content (AvgIpc) is 2.49. The van der Waals surface area contributed by atoms with Crippen molar-refractivity contribution >= 4 is 0 Å². The fourth-order valence-electron chi connectivity index (χ4n) is 3.01. The molecule has 0 spiro atoms. The second-order valence-electron chi connectivity index (χ2n) is 7.16. The van der Waals surface area contributed by atoms with Gasteiger partial charge < -0.3 is 0 Å². The van der Waals surface area contributed by atoms with E-state index in [-0.39, 0.29) is 16.7 Å². The molecule has 2 rings (SSSR count). The van der Waals surface area contributed by atoms with Crippen LogP contribution in [0, 0.1) is 0 Å². The zero-order valence-corrected chi connectivity index (χ0v) is 13.4. The Kier molecular flexibility index (Phi) is 3.31. The van der Waals surface area contributed by atoms with E-state index in [0.717, 1.165) is 6.42 Å². The van der Waals surface area contributed by atoms with Gasteiger partial charge in [-0.25, -0.2) is 0 Å². The lowest BCUT2D eigenvalue weighted by atomic mass is 9.91. The number of nitrogens with zero attached hydrogens (tertiary/aromatic N) is 1. The van der Waals surface area contributed by atoms with E-state index in [9.17, 15) is 0 Å². The van der Waals surface area contributed by atoms with E-state index in [1.165, 1.54) is 11.1 Å². The maximum Gasteiger partial charge on any atom is 0.0842 e. The molecule has 0 fully saturated rings. The molecule has 0 radical (unpaired) electrons. The van der Waals surface area contributed by atoms with Gasteiger partial charge in [0.1, 0.15) is 0 Å². The number of hydroxylamine groups is 2. The lowest BCUT2D eigenvalue weighted by Gasteiger charge is -2.44. The van der Waals surface area contributed by atoms with E-state index < -0.39 is 0 Å². The van der Waals surface area contributed by atoms with E-state index in [1.54, 1.807) is 0 Å². The molecule has 1 aromatic rings. The summed E-state index contributed by atoms with van der Waals surface area (Å²) in [5.74, 6) is 0. The molecule has 0 N–H and O–H groups in total. The first kappa shape index (κ1) is 14.5. The second kappa shape index (κ2) is 4.32. The van der Waals surface area contributed by atoms with Crippen LogP contribution in [0.25, 0.3) is 0 Å². The number of hydrogen-bond donors (Lipinski definition) is 0. The SMILES string of the molecule is CCC(C)(C)ON1C(C)(C)c2ccccc2C1(C)C. The third-order valence-corrected chi connectivity index (χ3v) is 4.45. The Morgan fingerprint density at radius 3 is 1.79 bits per heavy atom. The molecule has 1 heterocycles. The smallest absolute Gasteiger partial charge is 0.0842 e. The van der Waals surface area contributed by atoms with Gasteiger partial charge in [-0.05, 0) is 59.1 Å². The Morgan fingerprint density at radius 1 is 1.00 bits per heavy atom. The van der Waals surface area contributed by atoms with Gasteiger partial charge in [0, 0.05) is 0 Å². The monoisotopic (exact) mass is 261 g/mol. The normalized spacial score (nSPS) is 21.4. The van der Waals surface area contributed by atoms with Gasteiger partial charge in [-0.15, -0.1) is 0 Å². The minimum atomic E-state index is -0.142. The first-order valence-electron chi connectivity index (χ1n) is 7.22. The molecule has 0 unspecified atom stereocenters. The maximum atomic E-state index is 6.39. The molecular weight excluding hydrogens is 234 g/mol. The van der Waals surface area contributed by atoms with Crippen LogP contribution >= 0.6 is 0 Å². The fraction of sp³-hybridized carbons (Fsp3) is 0.647. The van der Waals surface area contributed by atoms with Crippen LogP contribution in [0.1, 0.15) is 66.0 Å². The zero-order chi connectivity index (χ0) is 14.5. The highest BCUT2D eigenvalue weighted by Gasteiger charge is 2.51. The minimum Gasteiger partial charge on any atom is -0.291 e. The van der Waals surface area contributed by atoms with Gasteiger partial charge in [-0.3, -0.25) is 4.84 Å². The van der Waals surface area contributed by atoms with Crippen LogP contribution in [-0.4, -0.2) is 10.7 Å². The number of hydrogen-bond acceptors (Lipinski definition) is 2. The van der Waals surface area contributed by atoms with Crippen molar-refractivity contribution in [2.45, 2.75) is 71.6 Å². The van der Waals surface area contributed by atoms with Crippen molar-refractivity contribution in [3.05, 3.63) is 35.4 Å². The quantitative estimate of drug-likeness (QED) is 0.789. The zero-order valence-electron chi connectivity index (χ0n) is 13.4. The van der Waals surface area contributed by atoms with Crippen LogP contribution in [-0.2, 0) is 15.9 Å². The molecule has 1 aliphatic heterocycles. The van der Waals surface area contributed by atoms with Crippen molar-refractivity contribution in [2.24, 2.45) is 0 Å². The molecule has 0 saturated carbocycles. The number of rotatable bonds is 3. The summed E-state index contributed by atoms with van der Waals surface area (Å²) in [6.07, 6.45) is 0.992. The minimum absolute atomic E-state index is 0.105. The molecule has 2 nitrogen and oxygen atoms in total. The van der Waals surface area contributed by atoms with Crippen molar-refractivity contribution in [3.8, 4) is 0 Å². The van der Waals surface area contributed by atoms with Crippen molar-refractivity contribution in [1.29, 1.82) is 0 Å². The standard InChI is InChI=1S/C17H27NO/c1-8-15(2,3)19-18-16(4,5)13-11-9-10-12-14(13)17(18,6)7/h9-12H,8H2,1-7H3. The highest BCUT2D eigenvalue weighted by molar-refractivity contribution is 5.42. The largest absolute Gasteiger partial charge is 0.291 e. The Morgan fingerprint density at radius 2 is 1.42 bits per heavy atom. The van der Waals surface area contributed by atoms with Crippen LogP contribution in [0.2, 0.25) is 0 Å². The molecular formula is C17H27NO. The first-order valence-corrected chi connectivity index (χ1v) is 7.22. The summed E-state index contributed by atoms with van der Waals surface area (Å²) >= 11 is 0. The van der Waals surface area contributed by atoms with Gasteiger partial charge in [-0.1, -0.05) is 31.2 Å². The van der Waals surface area contributed by atoms with Crippen molar-refractivity contribution in [2.75, 3.05) is 0 Å². The number of fused-ring (bicyclic) bond motifs is 1. The highest BCUT2D eigenvalue weighted by Crippen LogP contribution is 2.50. The van der Waals surface area contributed by atoms with E-state index in [4.69, 9.17) is 4.84 Å². The first-order chi connectivity index (χ1) is 8.63. The van der Waals surface area contributed by atoms with E-state index in [1.807, 2.05) is 0 Å². The summed E-state index contributed by atoms with van der Waals surface area (Å²) in [7, 11) is 0. The van der Waals surface area contributed by atoms with Gasteiger partial charge in [0.25, 0.3) is 0 Å². The van der Waals surface area contributed by atoms with Crippen LogP contribution in [0.15, 0.2) is 24.3 Å². The highest BCUT2D eigenvalue weighted by atomic mass is 16.7. The fourth-order valence-corrected chi connectivity index (χ4v) is 3.01. The van der Waals surface area contributed by atoms with E-state index >= 15 is 0 Å². The summed E-state index contributed by atoms with van der Waals surface area (Å²) in [5.41, 5.74) is 2.38. The summed E-state index contributed by atoms with van der Waals surface area (Å²) < 4.78 is 0. The maximum absolute atomic E-state index is 6.39. The molecule has 0 amide bonds. The summed E-state index contributed by atoms with van der Waals surface area (Å²) in [4.78, 5) is 6.39. The predicted molar refractivity (Wildman–Crippen MR) is 79.8 cm³/mol. The van der Waals surface area contributed by atoms with Gasteiger partial charge in [-0.2, -0.15) is 5.06 Å². The van der Waals surface area contributed by atoms with Crippen molar-refractivity contribution in [3.63, 3.8) is 0 Å². The molecule has 2 heteroatoms. The average molecular weight is 261 g/mol. The topological polar surface area (TPSA) is 12.5 Å². The van der Waals surface area contributed by atoms with E-state index in [2.05, 4.69) is 77.8 Å². The third-order valence-electron chi connectivity index (χ3n) is 4.45. The summed E-state index contributed by atoms with van der Waals surface area (Å²) in [6.45, 7) is 15.4. The third kappa shape index (κ3) is 2.21. The van der Waals surface area contributed by atoms with Crippen LogP contribution in [0.5, 0.6) is 0 Å². The molecule has 1 aliphatic rings. The molecule has 0 bridgehead atoms. The molecule has 0 atom stereocenters. The molecule has 0 saturated heterocycles. The Hall–Kier alpha value is -0.860.